The van der Waals surface area contributed by atoms with Crippen LogP contribution in [0.2, 0.25) is 0 Å². The maximum atomic E-state index is 12.8. The Kier molecular flexibility index (Phi) is 5.73. The molecule has 0 amide bonds. The number of rotatable bonds is 4. The van der Waals surface area contributed by atoms with Gasteiger partial charge in [0.05, 0.1) is 26.2 Å². The molecule has 0 aliphatic carbocycles. The van der Waals surface area contributed by atoms with Crippen LogP contribution in [0.1, 0.15) is 19.8 Å². The number of anilines is 1. The number of likely N-dealkylation sites (tertiary alicyclic amines) is 1. The number of nitrogens with one attached hydrogen (secondary N) is 3. The van der Waals surface area contributed by atoms with Crippen LogP contribution in [-0.4, -0.2) is 31.3 Å². The zero-order valence-electron chi connectivity index (χ0n) is 11.9. The summed E-state index contributed by atoms with van der Waals surface area (Å²) >= 11 is 5.23. The van der Waals surface area contributed by atoms with Gasteiger partial charge in [0.25, 0.3) is 0 Å². The number of hydrogen-bond acceptors (Lipinski definition) is 1. The van der Waals surface area contributed by atoms with Gasteiger partial charge >= 0.3 is 0 Å². The van der Waals surface area contributed by atoms with E-state index in [1.807, 2.05) is 0 Å². The molecule has 1 aliphatic heterocycles. The molecule has 3 N–H and O–H groups in total. The molecule has 2 rings (SSSR count). The van der Waals surface area contributed by atoms with E-state index in [-0.39, 0.29) is 5.82 Å². The molecule has 3 nitrogen and oxygen atoms in total. The molecule has 110 valence electrons. The van der Waals surface area contributed by atoms with E-state index in [1.165, 1.54) is 38.1 Å². The molecular weight excluding hydrogens is 273 g/mol. The van der Waals surface area contributed by atoms with Gasteiger partial charge in [-0.25, -0.2) is 4.39 Å². The SMILES string of the molecule is CC1CC[NH+](CCNC(=S)Nc2ccc(F)cc2)CC1. The third-order valence-electron chi connectivity index (χ3n) is 3.85. The molecule has 5 heteroatoms. The highest BCUT2D eigenvalue weighted by Crippen LogP contribution is 2.08. The van der Waals surface area contributed by atoms with E-state index in [9.17, 15) is 4.39 Å². The van der Waals surface area contributed by atoms with Crippen molar-refractivity contribution < 1.29 is 9.29 Å². The molecule has 0 aromatic heterocycles. The van der Waals surface area contributed by atoms with Crippen LogP contribution in [0.5, 0.6) is 0 Å². The Morgan fingerprint density at radius 1 is 1.30 bits per heavy atom. The minimum Gasteiger partial charge on any atom is -0.357 e. The van der Waals surface area contributed by atoms with Gasteiger partial charge in [0, 0.05) is 5.69 Å². The Labute approximate surface area is 125 Å². The van der Waals surface area contributed by atoms with Crippen molar-refractivity contribution in [2.24, 2.45) is 5.92 Å². The highest BCUT2D eigenvalue weighted by atomic mass is 32.1. The highest BCUT2D eigenvalue weighted by molar-refractivity contribution is 7.80. The summed E-state index contributed by atoms with van der Waals surface area (Å²) in [7, 11) is 0. The van der Waals surface area contributed by atoms with Crippen LogP contribution in [0.15, 0.2) is 24.3 Å². The molecule has 0 atom stereocenters. The molecule has 0 saturated carbocycles. The zero-order valence-corrected chi connectivity index (χ0v) is 12.7. The average Bonchev–Trinajstić information content (AvgIpc) is 2.44. The first-order chi connectivity index (χ1) is 9.63. The fraction of sp³-hybridized carbons (Fsp3) is 0.533. The Bertz CT molecular complexity index is 427. The van der Waals surface area contributed by atoms with Crippen molar-refractivity contribution >= 4 is 23.0 Å². The third-order valence-corrected chi connectivity index (χ3v) is 4.09. The molecule has 1 fully saturated rings. The van der Waals surface area contributed by atoms with Crippen LogP contribution in [0.25, 0.3) is 0 Å². The lowest BCUT2D eigenvalue weighted by Crippen LogP contribution is -3.13. The second-order valence-corrected chi connectivity index (χ2v) is 5.98. The molecule has 0 unspecified atom stereocenters. The van der Waals surface area contributed by atoms with Gasteiger partial charge in [-0.3, -0.25) is 0 Å². The Hall–Kier alpha value is -1.20. The van der Waals surface area contributed by atoms with Crippen molar-refractivity contribution in [2.45, 2.75) is 19.8 Å². The lowest BCUT2D eigenvalue weighted by molar-refractivity contribution is -0.904. The van der Waals surface area contributed by atoms with E-state index in [4.69, 9.17) is 12.2 Å². The Balaban J connectivity index is 1.64. The first-order valence-electron chi connectivity index (χ1n) is 7.27. The van der Waals surface area contributed by atoms with E-state index >= 15 is 0 Å². The van der Waals surface area contributed by atoms with Crippen LogP contribution in [0.4, 0.5) is 10.1 Å². The molecule has 1 aromatic rings. The van der Waals surface area contributed by atoms with Crippen molar-refractivity contribution in [3.8, 4) is 0 Å². The van der Waals surface area contributed by atoms with Gasteiger partial charge in [0.15, 0.2) is 5.11 Å². The van der Waals surface area contributed by atoms with Crippen molar-refractivity contribution in [3.05, 3.63) is 30.1 Å². The van der Waals surface area contributed by atoms with Gasteiger partial charge in [-0.2, -0.15) is 0 Å². The number of thiocarbonyl (C=S) groups is 1. The molecule has 20 heavy (non-hydrogen) atoms. The first-order valence-corrected chi connectivity index (χ1v) is 7.68. The number of benzene rings is 1. The lowest BCUT2D eigenvalue weighted by atomic mass is 9.99. The molecule has 1 aromatic carbocycles. The topological polar surface area (TPSA) is 28.5 Å². The normalized spacial score (nSPS) is 22.3. The van der Waals surface area contributed by atoms with Gasteiger partial charge < -0.3 is 15.5 Å². The monoisotopic (exact) mass is 296 g/mol. The number of halogens is 1. The summed E-state index contributed by atoms with van der Waals surface area (Å²) in [4.78, 5) is 1.65. The van der Waals surface area contributed by atoms with Crippen molar-refractivity contribution in [1.82, 2.24) is 5.32 Å². The molecule has 1 saturated heterocycles. The molecule has 0 bridgehead atoms. The minimum absolute atomic E-state index is 0.239. The average molecular weight is 296 g/mol. The third kappa shape index (κ3) is 5.06. The van der Waals surface area contributed by atoms with Gasteiger partial charge in [0.2, 0.25) is 0 Å². The van der Waals surface area contributed by atoms with Crippen LogP contribution in [-0.2, 0) is 0 Å². The molecule has 0 spiro atoms. The fourth-order valence-corrected chi connectivity index (χ4v) is 2.70. The van der Waals surface area contributed by atoms with E-state index in [0.717, 1.165) is 24.7 Å². The van der Waals surface area contributed by atoms with Crippen molar-refractivity contribution in [3.63, 3.8) is 0 Å². The van der Waals surface area contributed by atoms with Crippen LogP contribution in [0, 0.1) is 11.7 Å². The van der Waals surface area contributed by atoms with Crippen LogP contribution in [0.3, 0.4) is 0 Å². The Morgan fingerprint density at radius 2 is 1.95 bits per heavy atom. The largest absolute Gasteiger partial charge is 0.357 e. The molecule has 1 aliphatic rings. The minimum atomic E-state index is -0.239. The molecular formula is C15H23FN3S+. The molecule has 1 heterocycles. The smallest absolute Gasteiger partial charge is 0.170 e. The predicted molar refractivity (Wildman–Crippen MR) is 84.6 cm³/mol. The van der Waals surface area contributed by atoms with Crippen LogP contribution >= 0.6 is 12.2 Å². The van der Waals surface area contributed by atoms with Crippen molar-refractivity contribution in [1.29, 1.82) is 0 Å². The first kappa shape index (κ1) is 15.2. The zero-order chi connectivity index (χ0) is 14.4. The molecule has 0 radical (unpaired) electrons. The summed E-state index contributed by atoms with van der Waals surface area (Å²) in [6.45, 7) is 6.83. The van der Waals surface area contributed by atoms with Gasteiger partial charge in [-0.1, -0.05) is 6.92 Å². The predicted octanol–water partition coefficient (Wildman–Crippen LogP) is 1.43. The summed E-state index contributed by atoms with van der Waals surface area (Å²) in [6.07, 6.45) is 2.65. The Morgan fingerprint density at radius 3 is 2.60 bits per heavy atom. The van der Waals surface area contributed by atoms with E-state index in [2.05, 4.69) is 17.6 Å². The quantitative estimate of drug-likeness (QED) is 0.734. The summed E-state index contributed by atoms with van der Waals surface area (Å²) < 4.78 is 12.8. The highest BCUT2D eigenvalue weighted by Gasteiger charge is 2.18. The van der Waals surface area contributed by atoms with Crippen LogP contribution < -0.4 is 15.5 Å². The second-order valence-electron chi connectivity index (χ2n) is 5.57. The fourth-order valence-electron chi connectivity index (χ4n) is 2.48. The summed E-state index contributed by atoms with van der Waals surface area (Å²) in [6, 6.07) is 6.20. The number of quaternary nitrogens is 1. The summed E-state index contributed by atoms with van der Waals surface area (Å²) in [5, 5.41) is 6.87. The van der Waals surface area contributed by atoms with E-state index < -0.39 is 0 Å². The van der Waals surface area contributed by atoms with E-state index in [0.29, 0.717) is 5.11 Å². The number of piperidine rings is 1. The lowest BCUT2D eigenvalue weighted by Gasteiger charge is -2.27. The summed E-state index contributed by atoms with van der Waals surface area (Å²) in [5.41, 5.74) is 0.808. The van der Waals surface area contributed by atoms with Gasteiger partial charge in [-0.15, -0.1) is 0 Å². The maximum Gasteiger partial charge on any atom is 0.170 e. The van der Waals surface area contributed by atoms with Gasteiger partial charge in [0.1, 0.15) is 5.82 Å². The summed E-state index contributed by atoms with van der Waals surface area (Å²) in [5.74, 6) is 0.644. The van der Waals surface area contributed by atoms with Gasteiger partial charge in [-0.05, 0) is 55.2 Å². The second kappa shape index (κ2) is 7.55. The maximum absolute atomic E-state index is 12.8. The number of hydrogen-bond donors (Lipinski definition) is 3. The van der Waals surface area contributed by atoms with E-state index in [1.54, 1.807) is 17.0 Å². The standard InChI is InChI=1S/C15H22FN3S/c1-12-6-9-19(10-7-12)11-8-17-15(20)18-14-4-2-13(16)3-5-14/h2-5,12H,6-11H2,1H3,(H2,17,18,20)/p+1. The van der Waals surface area contributed by atoms with Crippen molar-refractivity contribution in [2.75, 3.05) is 31.5 Å².